The molecule has 7 nitrogen and oxygen atoms in total. The molecule has 0 spiro atoms. The van der Waals surface area contributed by atoms with E-state index >= 15 is 0 Å². The maximum Gasteiger partial charge on any atom is 0.343 e. The number of carbonyl (C=O) groups excluding carboxylic acids is 2. The molecule has 8 heteroatoms. The smallest absolute Gasteiger partial charge is 0.343 e. The van der Waals surface area contributed by atoms with Gasteiger partial charge in [0.2, 0.25) is 0 Å². The van der Waals surface area contributed by atoms with Crippen LogP contribution in [-0.4, -0.2) is 31.8 Å². The minimum absolute atomic E-state index is 0.181. The van der Waals surface area contributed by atoms with Crippen LogP contribution in [0.1, 0.15) is 21.5 Å². The number of halogens is 1. The predicted octanol–water partition coefficient (Wildman–Crippen LogP) is 4.51. The van der Waals surface area contributed by atoms with Crippen LogP contribution in [0.15, 0.2) is 76.3 Å². The average molecular weight is 497 g/mol. The molecule has 1 N–H and O–H groups in total. The summed E-state index contributed by atoms with van der Waals surface area (Å²) in [5, 5.41) is 3.95. The Morgan fingerprint density at radius 2 is 1.78 bits per heavy atom. The number of hydrazone groups is 1. The number of esters is 1. The Balaban J connectivity index is 1.62. The van der Waals surface area contributed by atoms with Crippen molar-refractivity contribution in [3.8, 4) is 17.2 Å². The first kappa shape index (κ1) is 23.0. The Hall–Kier alpha value is -3.65. The Kier molecular flexibility index (Phi) is 7.99. The minimum Gasteiger partial charge on any atom is -0.497 e. The summed E-state index contributed by atoms with van der Waals surface area (Å²) in [4.78, 5) is 24.5. The van der Waals surface area contributed by atoms with Gasteiger partial charge in [-0.25, -0.2) is 10.2 Å². The monoisotopic (exact) mass is 496 g/mol. The Labute approximate surface area is 194 Å². The summed E-state index contributed by atoms with van der Waals surface area (Å²) >= 11 is 3.38. The number of nitrogens with zero attached hydrogens (tertiary/aromatic N) is 1. The lowest BCUT2D eigenvalue weighted by molar-refractivity contribution is -0.123. The summed E-state index contributed by atoms with van der Waals surface area (Å²) in [5.74, 6) is 0.617. The van der Waals surface area contributed by atoms with E-state index in [4.69, 9.17) is 14.2 Å². The molecule has 3 aromatic rings. The number of benzene rings is 3. The van der Waals surface area contributed by atoms with Crippen LogP contribution in [0.3, 0.4) is 0 Å². The zero-order valence-electron chi connectivity index (χ0n) is 17.5. The molecule has 0 bridgehead atoms. The second kappa shape index (κ2) is 11.1. The fraction of sp³-hybridized carbons (Fsp3) is 0.125. The molecule has 1 amide bonds. The molecule has 0 aliphatic carbocycles. The van der Waals surface area contributed by atoms with Crippen molar-refractivity contribution in [1.29, 1.82) is 0 Å². The normalized spacial score (nSPS) is 10.6. The van der Waals surface area contributed by atoms with E-state index in [1.54, 1.807) is 55.6 Å². The summed E-state index contributed by atoms with van der Waals surface area (Å²) < 4.78 is 16.9. The van der Waals surface area contributed by atoms with E-state index in [1.165, 1.54) is 6.21 Å². The summed E-state index contributed by atoms with van der Waals surface area (Å²) in [6, 6.07) is 19.1. The molecule has 164 valence electrons. The number of methoxy groups -OCH3 is 1. The first-order valence-electron chi connectivity index (χ1n) is 9.62. The molecule has 0 fully saturated rings. The lowest BCUT2D eigenvalue weighted by Crippen LogP contribution is -2.24. The van der Waals surface area contributed by atoms with Crippen LogP contribution in [0.5, 0.6) is 17.2 Å². The van der Waals surface area contributed by atoms with E-state index in [1.807, 2.05) is 25.1 Å². The van der Waals surface area contributed by atoms with Gasteiger partial charge >= 0.3 is 5.97 Å². The van der Waals surface area contributed by atoms with E-state index < -0.39 is 11.9 Å². The van der Waals surface area contributed by atoms with Crippen molar-refractivity contribution in [2.75, 3.05) is 13.7 Å². The highest BCUT2D eigenvalue weighted by Crippen LogP contribution is 2.23. The molecule has 0 saturated heterocycles. The number of carbonyl (C=O) groups is 2. The number of aryl methyl sites for hydroxylation is 1. The maximum absolute atomic E-state index is 12.5. The molecule has 0 aromatic heterocycles. The van der Waals surface area contributed by atoms with Crippen LogP contribution >= 0.6 is 15.9 Å². The number of amides is 1. The van der Waals surface area contributed by atoms with Gasteiger partial charge in [0.15, 0.2) is 6.61 Å². The molecule has 3 rings (SSSR count). The third-order valence-corrected chi connectivity index (χ3v) is 4.84. The fourth-order valence-corrected chi connectivity index (χ4v) is 3.05. The van der Waals surface area contributed by atoms with Crippen molar-refractivity contribution in [2.24, 2.45) is 5.10 Å². The van der Waals surface area contributed by atoms with Crippen molar-refractivity contribution in [2.45, 2.75) is 6.92 Å². The molecule has 0 unspecified atom stereocenters. The van der Waals surface area contributed by atoms with Crippen molar-refractivity contribution >= 4 is 34.0 Å². The second-order valence-corrected chi connectivity index (χ2v) is 7.56. The highest BCUT2D eigenvalue weighted by atomic mass is 79.9. The van der Waals surface area contributed by atoms with Gasteiger partial charge < -0.3 is 14.2 Å². The van der Waals surface area contributed by atoms with Gasteiger partial charge in [-0.05, 0) is 61.0 Å². The molecule has 0 saturated carbocycles. The molecule has 32 heavy (non-hydrogen) atoms. The SMILES string of the molecule is COc1ccc(C(=O)Oc2ccc(Br)cc2/C=N/NC(=O)COc2ccccc2C)cc1. The molecular weight excluding hydrogens is 476 g/mol. The summed E-state index contributed by atoms with van der Waals surface area (Å²) in [6.45, 7) is 1.72. The van der Waals surface area contributed by atoms with E-state index in [0.717, 1.165) is 10.0 Å². The molecule has 0 atom stereocenters. The zero-order chi connectivity index (χ0) is 22.9. The first-order valence-corrected chi connectivity index (χ1v) is 10.4. The number of para-hydroxylation sites is 1. The van der Waals surface area contributed by atoms with Gasteiger partial charge in [-0.2, -0.15) is 5.10 Å². The third-order valence-electron chi connectivity index (χ3n) is 4.35. The maximum atomic E-state index is 12.5. The first-order chi connectivity index (χ1) is 15.5. The van der Waals surface area contributed by atoms with Crippen LogP contribution in [-0.2, 0) is 4.79 Å². The Bertz CT molecular complexity index is 1130. The number of nitrogens with one attached hydrogen (secondary N) is 1. The summed E-state index contributed by atoms with van der Waals surface area (Å²) in [7, 11) is 1.55. The van der Waals surface area contributed by atoms with Gasteiger partial charge in [-0.15, -0.1) is 0 Å². The molecule has 0 heterocycles. The standard InChI is InChI=1S/C24H21BrN2O5/c1-16-5-3-4-6-21(16)31-15-23(28)27-26-14-18-13-19(25)9-12-22(18)32-24(29)17-7-10-20(30-2)11-8-17/h3-14H,15H2,1-2H3,(H,27,28)/b26-14+. The number of hydrogen-bond acceptors (Lipinski definition) is 6. The lowest BCUT2D eigenvalue weighted by atomic mass is 10.2. The van der Waals surface area contributed by atoms with Crippen molar-refractivity contribution in [3.05, 3.63) is 87.9 Å². The van der Waals surface area contributed by atoms with E-state index in [2.05, 4.69) is 26.5 Å². The Morgan fingerprint density at radius 3 is 2.50 bits per heavy atom. The third kappa shape index (κ3) is 6.42. The van der Waals surface area contributed by atoms with E-state index in [9.17, 15) is 9.59 Å². The van der Waals surface area contributed by atoms with Crippen LogP contribution in [0.4, 0.5) is 0 Å². The van der Waals surface area contributed by atoms with Gasteiger partial charge in [0, 0.05) is 10.0 Å². The largest absolute Gasteiger partial charge is 0.497 e. The second-order valence-electron chi connectivity index (χ2n) is 6.65. The van der Waals surface area contributed by atoms with Gasteiger partial charge in [-0.1, -0.05) is 34.1 Å². The zero-order valence-corrected chi connectivity index (χ0v) is 19.1. The fourth-order valence-electron chi connectivity index (χ4n) is 2.67. The summed E-state index contributed by atoms with van der Waals surface area (Å²) in [5.41, 5.74) is 4.21. The predicted molar refractivity (Wildman–Crippen MR) is 125 cm³/mol. The van der Waals surface area contributed by atoms with Crippen molar-refractivity contribution in [3.63, 3.8) is 0 Å². The molecule has 0 aliphatic rings. The molecule has 0 aliphatic heterocycles. The van der Waals surface area contributed by atoms with Crippen LogP contribution in [0.2, 0.25) is 0 Å². The lowest BCUT2D eigenvalue weighted by Gasteiger charge is -2.09. The van der Waals surface area contributed by atoms with Crippen LogP contribution in [0, 0.1) is 6.92 Å². The number of hydrogen-bond donors (Lipinski definition) is 1. The quantitative estimate of drug-likeness (QED) is 0.214. The van der Waals surface area contributed by atoms with Crippen molar-refractivity contribution < 1.29 is 23.8 Å². The average Bonchev–Trinajstić information content (AvgIpc) is 2.80. The molecule has 3 aromatic carbocycles. The topological polar surface area (TPSA) is 86.2 Å². The van der Waals surface area contributed by atoms with E-state index in [0.29, 0.717) is 28.4 Å². The van der Waals surface area contributed by atoms with Crippen molar-refractivity contribution in [1.82, 2.24) is 5.43 Å². The van der Waals surface area contributed by atoms with E-state index in [-0.39, 0.29) is 6.61 Å². The molecule has 0 radical (unpaired) electrons. The highest BCUT2D eigenvalue weighted by molar-refractivity contribution is 9.10. The highest BCUT2D eigenvalue weighted by Gasteiger charge is 2.12. The van der Waals surface area contributed by atoms with Crippen LogP contribution in [0.25, 0.3) is 0 Å². The van der Waals surface area contributed by atoms with Gasteiger partial charge in [0.1, 0.15) is 17.2 Å². The minimum atomic E-state index is -0.528. The van der Waals surface area contributed by atoms with Gasteiger partial charge in [0.25, 0.3) is 5.91 Å². The number of ether oxygens (including phenoxy) is 3. The van der Waals surface area contributed by atoms with Crippen LogP contribution < -0.4 is 19.6 Å². The molecular formula is C24H21BrN2O5. The number of rotatable bonds is 8. The summed E-state index contributed by atoms with van der Waals surface area (Å²) in [6.07, 6.45) is 1.40. The van der Waals surface area contributed by atoms with Gasteiger partial charge in [0.05, 0.1) is 18.9 Å². The van der Waals surface area contributed by atoms with Gasteiger partial charge in [-0.3, -0.25) is 4.79 Å². The Morgan fingerprint density at radius 1 is 1.03 bits per heavy atom.